The van der Waals surface area contributed by atoms with Crippen molar-refractivity contribution in [1.29, 1.82) is 0 Å². The molecule has 1 saturated heterocycles. The molecule has 0 amide bonds. The smallest absolute Gasteiger partial charge is 0.156 e. The van der Waals surface area contributed by atoms with Crippen LogP contribution in [0, 0.1) is 5.41 Å². The number of benzene rings is 1. The van der Waals surface area contributed by atoms with Crippen LogP contribution in [0.1, 0.15) is 12.8 Å². The van der Waals surface area contributed by atoms with E-state index < -0.39 is 0 Å². The third-order valence-electron chi connectivity index (χ3n) is 3.37. The lowest BCUT2D eigenvalue weighted by Crippen LogP contribution is -2.37. The van der Waals surface area contributed by atoms with Crippen LogP contribution in [0.3, 0.4) is 0 Å². The summed E-state index contributed by atoms with van der Waals surface area (Å²) < 4.78 is 11.2. The van der Waals surface area contributed by atoms with E-state index in [-0.39, 0.29) is 5.41 Å². The maximum Gasteiger partial charge on any atom is 0.156 e. The normalized spacial score (nSPS) is 18.3. The third kappa shape index (κ3) is 3.85. The predicted molar refractivity (Wildman–Crippen MR) is 83.3 cm³/mol. The molecule has 0 N–H and O–H groups in total. The first-order chi connectivity index (χ1) is 9.06. The van der Waals surface area contributed by atoms with Crippen LogP contribution in [0.25, 0.3) is 0 Å². The third-order valence-corrected chi connectivity index (χ3v) is 4.83. The zero-order valence-electron chi connectivity index (χ0n) is 10.3. The molecule has 1 aliphatic heterocycles. The Morgan fingerprint density at radius 2 is 1.74 bits per heavy atom. The van der Waals surface area contributed by atoms with Crippen LogP contribution in [-0.4, -0.2) is 25.6 Å². The van der Waals surface area contributed by atoms with Crippen molar-refractivity contribution in [2.24, 2.45) is 5.41 Å². The molecule has 1 fully saturated rings. The largest absolute Gasteiger partial charge is 0.490 e. The van der Waals surface area contributed by atoms with E-state index in [9.17, 15) is 0 Å². The molecule has 6 heteroatoms. The maximum absolute atomic E-state index is 6.10. The average molecular weight is 342 g/mol. The standard InChI is InChI=1S/C13H15Cl3O2S/c14-9-5-10(15)12(11(16)6-9)18-7-13(8-19)1-3-17-4-2-13/h5-6,19H,1-4,7-8H2. The number of hydrogen-bond donors (Lipinski definition) is 1. The van der Waals surface area contributed by atoms with Crippen LogP contribution in [-0.2, 0) is 4.74 Å². The van der Waals surface area contributed by atoms with E-state index in [1.165, 1.54) is 0 Å². The van der Waals surface area contributed by atoms with Gasteiger partial charge in [0.2, 0.25) is 0 Å². The first-order valence-corrected chi connectivity index (χ1v) is 7.79. The van der Waals surface area contributed by atoms with Crippen molar-refractivity contribution in [1.82, 2.24) is 0 Å². The summed E-state index contributed by atoms with van der Waals surface area (Å²) in [7, 11) is 0. The van der Waals surface area contributed by atoms with E-state index in [4.69, 9.17) is 44.3 Å². The minimum absolute atomic E-state index is 0.0215. The first-order valence-electron chi connectivity index (χ1n) is 6.02. The van der Waals surface area contributed by atoms with E-state index in [1.54, 1.807) is 12.1 Å². The number of rotatable bonds is 4. The molecule has 1 aromatic rings. The minimum Gasteiger partial charge on any atom is -0.490 e. The Kier molecular flexibility index (Phi) is 5.55. The molecule has 0 aliphatic carbocycles. The van der Waals surface area contributed by atoms with Gasteiger partial charge in [0.1, 0.15) is 0 Å². The topological polar surface area (TPSA) is 18.5 Å². The Bertz CT molecular complexity index is 425. The van der Waals surface area contributed by atoms with Crippen LogP contribution in [0.5, 0.6) is 5.75 Å². The van der Waals surface area contributed by atoms with Gasteiger partial charge in [0.15, 0.2) is 5.75 Å². The summed E-state index contributed by atoms with van der Waals surface area (Å²) in [6.45, 7) is 2.01. The van der Waals surface area contributed by atoms with Gasteiger partial charge in [-0.3, -0.25) is 0 Å². The van der Waals surface area contributed by atoms with Gasteiger partial charge in [-0.25, -0.2) is 0 Å². The summed E-state index contributed by atoms with van der Waals surface area (Å²) in [6, 6.07) is 3.25. The van der Waals surface area contributed by atoms with Crippen molar-refractivity contribution in [3.05, 3.63) is 27.2 Å². The summed E-state index contributed by atoms with van der Waals surface area (Å²) in [4.78, 5) is 0. The summed E-state index contributed by atoms with van der Waals surface area (Å²) in [5.74, 6) is 1.24. The lowest BCUT2D eigenvalue weighted by molar-refractivity contribution is 0.00315. The fourth-order valence-electron chi connectivity index (χ4n) is 2.04. The second-order valence-electron chi connectivity index (χ2n) is 4.76. The Morgan fingerprint density at radius 1 is 1.16 bits per heavy atom. The van der Waals surface area contributed by atoms with Crippen molar-refractivity contribution in [2.45, 2.75) is 12.8 Å². The molecular weight excluding hydrogens is 327 g/mol. The summed E-state index contributed by atoms with van der Waals surface area (Å²) in [5, 5.41) is 1.36. The van der Waals surface area contributed by atoms with Gasteiger partial charge in [0, 0.05) is 23.7 Å². The quantitative estimate of drug-likeness (QED) is 0.797. The molecule has 2 nitrogen and oxygen atoms in total. The molecule has 106 valence electrons. The van der Waals surface area contributed by atoms with E-state index in [2.05, 4.69) is 12.6 Å². The van der Waals surface area contributed by atoms with Crippen molar-refractivity contribution in [2.75, 3.05) is 25.6 Å². The van der Waals surface area contributed by atoms with Crippen molar-refractivity contribution in [3.63, 3.8) is 0 Å². The molecule has 1 heterocycles. The van der Waals surface area contributed by atoms with Gasteiger partial charge in [-0.2, -0.15) is 12.6 Å². The molecule has 0 spiro atoms. The lowest BCUT2D eigenvalue weighted by atomic mass is 9.83. The molecule has 0 unspecified atom stereocenters. The van der Waals surface area contributed by atoms with Crippen LogP contribution >= 0.6 is 47.4 Å². The highest BCUT2D eigenvalue weighted by Gasteiger charge is 2.32. The molecule has 0 atom stereocenters. The second-order valence-corrected chi connectivity index (χ2v) is 6.32. The van der Waals surface area contributed by atoms with Gasteiger partial charge in [-0.15, -0.1) is 0 Å². The zero-order valence-corrected chi connectivity index (χ0v) is 13.5. The van der Waals surface area contributed by atoms with E-state index in [0.29, 0.717) is 27.4 Å². The molecule has 19 heavy (non-hydrogen) atoms. The van der Waals surface area contributed by atoms with Gasteiger partial charge in [-0.1, -0.05) is 34.8 Å². The lowest BCUT2D eigenvalue weighted by Gasteiger charge is -2.35. The predicted octanol–water partition coefficient (Wildman–Crippen LogP) is 4.75. The first kappa shape index (κ1) is 15.6. The average Bonchev–Trinajstić information content (AvgIpc) is 2.38. The SMILES string of the molecule is SCC1(COc2c(Cl)cc(Cl)cc2Cl)CCOCC1. The number of hydrogen-bond acceptors (Lipinski definition) is 3. The van der Waals surface area contributed by atoms with E-state index >= 15 is 0 Å². The van der Waals surface area contributed by atoms with Gasteiger partial charge >= 0.3 is 0 Å². The highest BCUT2D eigenvalue weighted by atomic mass is 35.5. The molecule has 2 rings (SSSR count). The number of ether oxygens (including phenoxy) is 2. The van der Waals surface area contributed by atoms with Crippen LogP contribution in [0.2, 0.25) is 15.1 Å². The number of thiol groups is 1. The van der Waals surface area contributed by atoms with Gasteiger partial charge < -0.3 is 9.47 Å². The molecule has 0 saturated carbocycles. The highest BCUT2D eigenvalue weighted by molar-refractivity contribution is 7.80. The Labute approximate surface area is 133 Å². The summed E-state index contributed by atoms with van der Waals surface area (Å²) in [5.41, 5.74) is 0.0215. The van der Waals surface area contributed by atoms with Gasteiger partial charge in [0.05, 0.1) is 16.7 Å². The van der Waals surface area contributed by atoms with Gasteiger partial charge in [0.25, 0.3) is 0 Å². The highest BCUT2D eigenvalue weighted by Crippen LogP contribution is 2.38. The van der Waals surface area contributed by atoms with Crippen LogP contribution < -0.4 is 4.74 Å². The molecule has 1 aromatic carbocycles. The molecule has 0 bridgehead atoms. The van der Waals surface area contributed by atoms with E-state index in [0.717, 1.165) is 31.8 Å². The van der Waals surface area contributed by atoms with Crippen LogP contribution in [0.4, 0.5) is 0 Å². The Balaban J connectivity index is 2.09. The Hall–Kier alpha value is 0.200. The number of halogens is 3. The fraction of sp³-hybridized carbons (Fsp3) is 0.538. The molecule has 1 aliphatic rings. The molecule has 0 radical (unpaired) electrons. The fourth-order valence-corrected chi connectivity index (χ4v) is 3.38. The monoisotopic (exact) mass is 340 g/mol. The summed E-state index contributed by atoms with van der Waals surface area (Å²) >= 11 is 22.5. The van der Waals surface area contributed by atoms with Crippen LogP contribution in [0.15, 0.2) is 12.1 Å². The summed E-state index contributed by atoms with van der Waals surface area (Å²) in [6.07, 6.45) is 1.86. The molecule has 0 aromatic heterocycles. The zero-order chi connectivity index (χ0) is 13.9. The van der Waals surface area contributed by atoms with Crippen molar-refractivity contribution < 1.29 is 9.47 Å². The van der Waals surface area contributed by atoms with E-state index in [1.807, 2.05) is 0 Å². The van der Waals surface area contributed by atoms with Gasteiger partial charge in [-0.05, 0) is 30.7 Å². The van der Waals surface area contributed by atoms with Crippen molar-refractivity contribution in [3.8, 4) is 5.75 Å². The Morgan fingerprint density at radius 3 is 2.26 bits per heavy atom. The minimum atomic E-state index is 0.0215. The maximum atomic E-state index is 6.10. The second kappa shape index (κ2) is 6.77. The van der Waals surface area contributed by atoms with Crippen molar-refractivity contribution >= 4 is 47.4 Å². The molecular formula is C13H15Cl3O2S.